The Morgan fingerprint density at radius 1 is 1.42 bits per heavy atom. The van der Waals surface area contributed by atoms with Gasteiger partial charge in [0.1, 0.15) is 5.75 Å². The topological polar surface area (TPSA) is 87.1 Å². The zero-order valence-electron chi connectivity index (χ0n) is 10.5. The Bertz CT molecular complexity index is 514. The maximum absolute atomic E-state index is 12.3. The predicted molar refractivity (Wildman–Crippen MR) is 66.1 cm³/mol. The third-order valence-corrected chi connectivity index (χ3v) is 3.01. The number of hydrogen-bond donors (Lipinski definition) is 2. The number of rotatable bonds is 2. The van der Waals surface area contributed by atoms with Gasteiger partial charge in [0.05, 0.1) is 18.7 Å². The minimum Gasteiger partial charge on any atom is -0.507 e. The summed E-state index contributed by atoms with van der Waals surface area (Å²) in [6, 6.07) is 4.74. The van der Waals surface area contributed by atoms with Crippen molar-refractivity contribution < 1.29 is 24.5 Å². The number of morpholine rings is 1. The monoisotopic (exact) mass is 265 g/mol. The molecule has 0 aliphatic carbocycles. The van der Waals surface area contributed by atoms with Gasteiger partial charge in [-0.15, -0.1) is 0 Å². The van der Waals surface area contributed by atoms with Gasteiger partial charge in [0.15, 0.2) is 6.10 Å². The Morgan fingerprint density at radius 2 is 2.16 bits per heavy atom. The summed E-state index contributed by atoms with van der Waals surface area (Å²) in [6.07, 6.45) is -1.01. The molecule has 1 aromatic rings. The lowest BCUT2D eigenvalue weighted by Gasteiger charge is -2.31. The highest BCUT2D eigenvalue weighted by Crippen LogP contribution is 2.21. The number of aryl methyl sites for hydroxylation is 1. The fourth-order valence-electron chi connectivity index (χ4n) is 1.97. The van der Waals surface area contributed by atoms with Crippen molar-refractivity contribution in [2.45, 2.75) is 13.0 Å². The summed E-state index contributed by atoms with van der Waals surface area (Å²) in [6.45, 7) is 2.29. The van der Waals surface area contributed by atoms with E-state index in [1.165, 1.54) is 11.0 Å². The lowest BCUT2D eigenvalue weighted by Crippen LogP contribution is -2.48. The molecule has 1 heterocycles. The molecule has 19 heavy (non-hydrogen) atoms. The number of carbonyl (C=O) groups excluding carboxylic acids is 1. The number of nitrogens with zero attached hydrogens (tertiary/aromatic N) is 1. The fraction of sp³-hybridized carbons (Fsp3) is 0.385. The van der Waals surface area contributed by atoms with Gasteiger partial charge in [-0.2, -0.15) is 0 Å². The molecular formula is C13H15NO5. The molecule has 1 fully saturated rings. The van der Waals surface area contributed by atoms with Gasteiger partial charge in [0.2, 0.25) is 0 Å². The van der Waals surface area contributed by atoms with E-state index in [2.05, 4.69) is 0 Å². The molecule has 1 aromatic carbocycles. The molecule has 6 heteroatoms. The average molecular weight is 265 g/mol. The molecule has 0 bridgehead atoms. The Balaban J connectivity index is 2.19. The van der Waals surface area contributed by atoms with Gasteiger partial charge in [-0.05, 0) is 19.1 Å². The van der Waals surface area contributed by atoms with Gasteiger partial charge >= 0.3 is 5.97 Å². The smallest absolute Gasteiger partial charge is 0.334 e. The zero-order valence-corrected chi connectivity index (χ0v) is 10.5. The Hall–Kier alpha value is -2.08. The molecule has 2 rings (SSSR count). The summed E-state index contributed by atoms with van der Waals surface area (Å²) >= 11 is 0. The van der Waals surface area contributed by atoms with Crippen LogP contribution < -0.4 is 0 Å². The molecular weight excluding hydrogens is 250 g/mol. The first-order valence-electron chi connectivity index (χ1n) is 5.92. The van der Waals surface area contributed by atoms with E-state index >= 15 is 0 Å². The quantitative estimate of drug-likeness (QED) is 0.818. The number of ether oxygens (including phenoxy) is 1. The van der Waals surface area contributed by atoms with Gasteiger partial charge in [-0.1, -0.05) is 11.6 Å². The molecule has 2 N–H and O–H groups in total. The van der Waals surface area contributed by atoms with E-state index in [0.717, 1.165) is 5.56 Å². The molecule has 1 unspecified atom stereocenters. The van der Waals surface area contributed by atoms with Crippen LogP contribution in [-0.2, 0) is 9.53 Å². The molecule has 1 aliphatic rings. The van der Waals surface area contributed by atoms with Crippen LogP contribution in [0.15, 0.2) is 18.2 Å². The number of aromatic hydroxyl groups is 1. The van der Waals surface area contributed by atoms with Gasteiger partial charge in [-0.25, -0.2) is 4.79 Å². The fourth-order valence-corrected chi connectivity index (χ4v) is 1.97. The molecule has 102 valence electrons. The first kappa shape index (κ1) is 13.4. The van der Waals surface area contributed by atoms with Crippen LogP contribution in [0.4, 0.5) is 0 Å². The summed E-state index contributed by atoms with van der Waals surface area (Å²) in [5.74, 6) is -1.57. The van der Waals surface area contributed by atoms with Crippen LogP contribution >= 0.6 is 0 Å². The van der Waals surface area contributed by atoms with E-state index in [4.69, 9.17) is 9.84 Å². The van der Waals surface area contributed by atoms with E-state index in [9.17, 15) is 14.7 Å². The summed E-state index contributed by atoms with van der Waals surface area (Å²) in [4.78, 5) is 24.5. The first-order valence-corrected chi connectivity index (χ1v) is 5.92. The number of carboxylic acids is 1. The number of carboxylic acid groups (broad SMARTS) is 1. The van der Waals surface area contributed by atoms with Crippen LogP contribution in [0.5, 0.6) is 5.75 Å². The number of aliphatic carboxylic acids is 1. The third kappa shape index (κ3) is 2.85. The number of phenols is 1. The third-order valence-electron chi connectivity index (χ3n) is 3.01. The summed E-state index contributed by atoms with van der Waals surface area (Å²) in [5, 5.41) is 18.6. The van der Waals surface area contributed by atoms with Crippen LogP contribution in [0.3, 0.4) is 0 Å². The predicted octanol–water partition coefficient (Wildman–Crippen LogP) is 0.626. The largest absolute Gasteiger partial charge is 0.507 e. The second-order valence-electron chi connectivity index (χ2n) is 4.47. The van der Waals surface area contributed by atoms with Crippen molar-refractivity contribution in [1.82, 2.24) is 4.90 Å². The standard InChI is InChI=1S/C13H15NO5/c1-8-2-3-10(15)9(6-8)12(16)14-4-5-19-11(7-14)13(17)18/h2-3,6,11,15H,4-5,7H2,1H3,(H,17,18). The van der Waals surface area contributed by atoms with Crippen molar-refractivity contribution in [3.8, 4) is 5.75 Å². The number of amides is 1. The summed E-state index contributed by atoms with van der Waals surface area (Å²) in [7, 11) is 0. The molecule has 1 aliphatic heterocycles. The van der Waals surface area contributed by atoms with E-state index in [1.807, 2.05) is 6.92 Å². The van der Waals surface area contributed by atoms with Crippen LogP contribution in [0.2, 0.25) is 0 Å². The van der Waals surface area contributed by atoms with Gasteiger partial charge in [-0.3, -0.25) is 4.79 Å². The van der Waals surface area contributed by atoms with Crippen molar-refractivity contribution in [2.24, 2.45) is 0 Å². The van der Waals surface area contributed by atoms with E-state index in [0.29, 0.717) is 6.54 Å². The summed E-state index contributed by atoms with van der Waals surface area (Å²) in [5.41, 5.74) is 1.04. The maximum Gasteiger partial charge on any atom is 0.334 e. The lowest BCUT2D eigenvalue weighted by atomic mass is 10.1. The lowest BCUT2D eigenvalue weighted by molar-refractivity contribution is -0.154. The van der Waals surface area contributed by atoms with E-state index in [-0.39, 0.29) is 30.4 Å². The molecule has 0 radical (unpaired) electrons. The second-order valence-corrected chi connectivity index (χ2v) is 4.47. The van der Waals surface area contributed by atoms with Gasteiger partial charge in [0, 0.05) is 6.54 Å². The molecule has 6 nitrogen and oxygen atoms in total. The highest BCUT2D eigenvalue weighted by atomic mass is 16.5. The van der Waals surface area contributed by atoms with Crippen LogP contribution in [0.25, 0.3) is 0 Å². The minimum absolute atomic E-state index is 0.0124. The second kappa shape index (κ2) is 5.27. The van der Waals surface area contributed by atoms with Crippen LogP contribution in [0.1, 0.15) is 15.9 Å². The average Bonchev–Trinajstić information content (AvgIpc) is 2.41. The number of phenolic OH excluding ortho intramolecular Hbond substituents is 1. The van der Waals surface area contributed by atoms with Crippen molar-refractivity contribution in [3.63, 3.8) is 0 Å². The Morgan fingerprint density at radius 3 is 2.84 bits per heavy atom. The number of hydrogen-bond acceptors (Lipinski definition) is 4. The molecule has 0 aromatic heterocycles. The van der Waals surface area contributed by atoms with Crippen molar-refractivity contribution in [2.75, 3.05) is 19.7 Å². The van der Waals surface area contributed by atoms with Gasteiger partial charge < -0.3 is 19.8 Å². The van der Waals surface area contributed by atoms with Gasteiger partial charge in [0.25, 0.3) is 5.91 Å². The van der Waals surface area contributed by atoms with Crippen molar-refractivity contribution >= 4 is 11.9 Å². The van der Waals surface area contributed by atoms with E-state index < -0.39 is 12.1 Å². The number of carbonyl (C=O) groups is 2. The van der Waals surface area contributed by atoms with E-state index in [1.54, 1.807) is 12.1 Å². The highest BCUT2D eigenvalue weighted by Gasteiger charge is 2.30. The molecule has 0 saturated carbocycles. The van der Waals surface area contributed by atoms with Crippen molar-refractivity contribution in [1.29, 1.82) is 0 Å². The molecule has 0 spiro atoms. The zero-order chi connectivity index (χ0) is 14.0. The van der Waals surface area contributed by atoms with Crippen LogP contribution in [-0.4, -0.2) is 52.8 Å². The van der Waals surface area contributed by atoms with Crippen molar-refractivity contribution in [3.05, 3.63) is 29.3 Å². The van der Waals surface area contributed by atoms with Crippen LogP contribution in [0, 0.1) is 6.92 Å². The number of benzene rings is 1. The first-order chi connectivity index (χ1) is 8.99. The highest BCUT2D eigenvalue weighted by molar-refractivity contribution is 5.97. The molecule has 1 atom stereocenters. The maximum atomic E-state index is 12.3. The molecule has 1 saturated heterocycles. The minimum atomic E-state index is -1.09. The Kier molecular flexibility index (Phi) is 3.71. The normalized spacial score (nSPS) is 19.2. The summed E-state index contributed by atoms with van der Waals surface area (Å²) < 4.78 is 5.05. The SMILES string of the molecule is Cc1ccc(O)c(C(=O)N2CCOC(C(=O)O)C2)c1. The molecule has 1 amide bonds. The Labute approximate surface area is 110 Å².